The van der Waals surface area contributed by atoms with Crippen molar-refractivity contribution in [2.24, 2.45) is 0 Å². The van der Waals surface area contributed by atoms with Gasteiger partial charge in [0.25, 0.3) is 5.91 Å². The number of rotatable bonds is 8. The second kappa shape index (κ2) is 9.21. The van der Waals surface area contributed by atoms with Gasteiger partial charge in [0, 0.05) is 17.3 Å². The van der Waals surface area contributed by atoms with Crippen molar-refractivity contribution in [2.45, 2.75) is 20.5 Å². The van der Waals surface area contributed by atoms with Gasteiger partial charge < -0.3 is 28.8 Å². The van der Waals surface area contributed by atoms with Gasteiger partial charge in [0.2, 0.25) is 0 Å². The zero-order valence-corrected chi connectivity index (χ0v) is 17.6. The molecule has 8 nitrogen and oxygen atoms in total. The van der Waals surface area contributed by atoms with Crippen molar-refractivity contribution in [1.82, 2.24) is 5.16 Å². The fourth-order valence-electron chi connectivity index (χ4n) is 2.90. The lowest BCUT2D eigenvalue weighted by molar-refractivity contribution is 0.102. The van der Waals surface area contributed by atoms with Gasteiger partial charge in [-0.15, -0.1) is 0 Å². The molecule has 2 aromatic carbocycles. The molecule has 0 saturated heterocycles. The average molecular weight is 412 g/mol. The van der Waals surface area contributed by atoms with E-state index < -0.39 is 0 Å². The molecule has 0 saturated carbocycles. The first-order chi connectivity index (χ1) is 14.5. The smallest absolute Gasteiger partial charge is 0.255 e. The summed E-state index contributed by atoms with van der Waals surface area (Å²) in [6.07, 6.45) is 0. The molecule has 1 aromatic heterocycles. The monoisotopic (exact) mass is 412 g/mol. The van der Waals surface area contributed by atoms with Crippen molar-refractivity contribution in [1.29, 1.82) is 0 Å². The normalized spacial score (nSPS) is 10.4. The first-order valence-electron chi connectivity index (χ1n) is 9.22. The van der Waals surface area contributed by atoms with Crippen LogP contribution in [0.25, 0.3) is 0 Å². The van der Waals surface area contributed by atoms with E-state index in [2.05, 4.69) is 10.5 Å². The number of amides is 1. The molecule has 1 N–H and O–H groups in total. The Bertz CT molecular complexity index is 1020. The number of benzene rings is 2. The van der Waals surface area contributed by atoms with Crippen molar-refractivity contribution < 1.29 is 28.3 Å². The molecule has 0 unspecified atom stereocenters. The predicted molar refractivity (Wildman–Crippen MR) is 111 cm³/mol. The first kappa shape index (κ1) is 21.0. The van der Waals surface area contributed by atoms with E-state index in [1.54, 1.807) is 43.5 Å². The number of carbonyl (C=O) groups excluding carboxylic acids is 1. The molecule has 1 heterocycles. The SMILES string of the molecule is COc1ccc(NC(=O)c2ccc(OCc3c(C)noc3C)c(OC)c2)cc1OC. The van der Waals surface area contributed by atoms with Crippen LogP contribution in [0.2, 0.25) is 0 Å². The highest BCUT2D eigenvalue weighted by atomic mass is 16.5. The number of hydrogen-bond donors (Lipinski definition) is 1. The van der Waals surface area contributed by atoms with Crippen LogP contribution in [0, 0.1) is 13.8 Å². The number of methoxy groups -OCH3 is 3. The summed E-state index contributed by atoms with van der Waals surface area (Å²) in [6, 6.07) is 10.1. The number of ether oxygens (including phenoxy) is 4. The number of hydrogen-bond acceptors (Lipinski definition) is 7. The third-order valence-corrected chi connectivity index (χ3v) is 4.62. The molecule has 0 aliphatic carbocycles. The van der Waals surface area contributed by atoms with E-state index in [-0.39, 0.29) is 12.5 Å². The van der Waals surface area contributed by atoms with E-state index in [9.17, 15) is 4.79 Å². The fourth-order valence-corrected chi connectivity index (χ4v) is 2.90. The number of anilines is 1. The maximum atomic E-state index is 12.7. The minimum Gasteiger partial charge on any atom is -0.493 e. The second-order valence-corrected chi connectivity index (χ2v) is 6.48. The van der Waals surface area contributed by atoms with E-state index in [0.717, 1.165) is 11.3 Å². The molecule has 0 aliphatic heterocycles. The summed E-state index contributed by atoms with van der Waals surface area (Å²) in [7, 11) is 4.61. The van der Waals surface area contributed by atoms with Crippen LogP contribution in [0.15, 0.2) is 40.9 Å². The Balaban J connectivity index is 1.74. The third-order valence-electron chi connectivity index (χ3n) is 4.62. The molecule has 158 valence electrons. The third kappa shape index (κ3) is 4.48. The summed E-state index contributed by atoms with van der Waals surface area (Å²) in [4.78, 5) is 12.7. The lowest BCUT2D eigenvalue weighted by Crippen LogP contribution is -2.12. The lowest BCUT2D eigenvalue weighted by Gasteiger charge is -2.13. The molecule has 8 heteroatoms. The van der Waals surface area contributed by atoms with Crippen LogP contribution in [0.3, 0.4) is 0 Å². The Labute approximate surface area is 174 Å². The second-order valence-electron chi connectivity index (χ2n) is 6.48. The summed E-state index contributed by atoms with van der Waals surface area (Å²) in [5.74, 6) is 2.48. The van der Waals surface area contributed by atoms with Gasteiger partial charge in [-0.3, -0.25) is 4.79 Å². The van der Waals surface area contributed by atoms with Crippen molar-refractivity contribution in [2.75, 3.05) is 26.6 Å². The molecule has 0 aliphatic rings. The van der Waals surface area contributed by atoms with Crippen LogP contribution >= 0.6 is 0 Å². The van der Waals surface area contributed by atoms with Gasteiger partial charge in [-0.25, -0.2) is 0 Å². The maximum absolute atomic E-state index is 12.7. The topological polar surface area (TPSA) is 92.1 Å². The Kier molecular flexibility index (Phi) is 6.46. The quantitative estimate of drug-likeness (QED) is 0.594. The Morgan fingerprint density at radius 3 is 2.23 bits per heavy atom. The minimum atomic E-state index is -0.294. The Morgan fingerprint density at radius 2 is 1.60 bits per heavy atom. The molecule has 1 amide bonds. The molecule has 0 atom stereocenters. The Hall–Kier alpha value is -3.68. The molecular weight excluding hydrogens is 388 g/mol. The van der Waals surface area contributed by atoms with Crippen LogP contribution in [-0.4, -0.2) is 32.4 Å². The zero-order chi connectivity index (χ0) is 21.7. The van der Waals surface area contributed by atoms with Gasteiger partial charge in [-0.1, -0.05) is 5.16 Å². The summed E-state index contributed by atoms with van der Waals surface area (Å²) < 4.78 is 26.9. The predicted octanol–water partition coefficient (Wildman–Crippen LogP) is 4.15. The minimum absolute atomic E-state index is 0.286. The van der Waals surface area contributed by atoms with E-state index >= 15 is 0 Å². The molecule has 0 radical (unpaired) electrons. The molecule has 30 heavy (non-hydrogen) atoms. The van der Waals surface area contributed by atoms with E-state index in [4.69, 9.17) is 23.5 Å². The molecule has 3 aromatic rings. The van der Waals surface area contributed by atoms with E-state index in [1.165, 1.54) is 14.2 Å². The summed E-state index contributed by atoms with van der Waals surface area (Å²) in [5.41, 5.74) is 2.66. The highest BCUT2D eigenvalue weighted by Crippen LogP contribution is 2.32. The summed E-state index contributed by atoms with van der Waals surface area (Å²) in [6.45, 7) is 3.97. The molecule has 0 bridgehead atoms. The first-order valence-corrected chi connectivity index (χ1v) is 9.22. The lowest BCUT2D eigenvalue weighted by atomic mass is 10.1. The van der Waals surface area contributed by atoms with Gasteiger partial charge in [0.05, 0.1) is 32.6 Å². The van der Waals surface area contributed by atoms with Crippen molar-refractivity contribution in [3.8, 4) is 23.0 Å². The number of nitrogens with one attached hydrogen (secondary N) is 1. The van der Waals surface area contributed by atoms with Gasteiger partial charge in [-0.2, -0.15) is 0 Å². The number of aromatic nitrogens is 1. The highest BCUT2D eigenvalue weighted by Gasteiger charge is 2.15. The molecule has 0 spiro atoms. The van der Waals surface area contributed by atoms with Crippen molar-refractivity contribution in [3.63, 3.8) is 0 Å². The zero-order valence-electron chi connectivity index (χ0n) is 17.6. The fraction of sp³-hybridized carbons (Fsp3) is 0.273. The number of carbonyl (C=O) groups is 1. The van der Waals surface area contributed by atoms with Crippen molar-refractivity contribution >= 4 is 11.6 Å². The largest absolute Gasteiger partial charge is 0.493 e. The maximum Gasteiger partial charge on any atom is 0.255 e. The van der Waals surface area contributed by atoms with Gasteiger partial charge >= 0.3 is 0 Å². The molecule has 3 rings (SSSR count). The van der Waals surface area contributed by atoms with Crippen LogP contribution in [-0.2, 0) is 6.61 Å². The van der Waals surface area contributed by atoms with Crippen LogP contribution in [0.1, 0.15) is 27.4 Å². The summed E-state index contributed by atoms with van der Waals surface area (Å²) in [5, 5.41) is 6.75. The average Bonchev–Trinajstić information content (AvgIpc) is 3.09. The summed E-state index contributed by atoms with van der Waals surface area (Å²) >= 11 is 0. The Morgan fingerprint density at radius 1 is 0.933 bits per heavy atom. The van der Waals surface area contributed by atoms with Gasteiger partial charge in [-0.05, 0) is 44.2 Å². The number of nitrogens with zero attached hydrogens (tertiary/aromatic N) is 1. The van der Waals surface area contributed by atoms with Crippen LogP contribution in [0.4, 0.5) is 5.69 Å². The van der Waals surface area contributed by atoms with E-state index in [1.807, 2.05) is 13.8 Å². The van der Waals surface area contributed by atoms with Gasteiger partial charge in [0.15, 0.2) is 23.0 Å². The highest BCUT2D eigenvalue weighted by molar-refractivity contribution is 6.04. The van der Waals surface area contributed by atoms with Crippen LogP contribution in [0.5, 0.6) is 23.0 Å². The van der Waals surface area contributed by atoms with Gasteiger partial charge in [0.1, 0.15) is 12.4 Å². The molecular formula is C22H24N2O6. The van der Waals surface area contributed by atoms with Crippen molar-refractivity contribution in [3.05, 3.63) is 59.0 Å². The van der Waals surface area contributed by atoms with Crippen LogP contribution < -0.4 is 24.3 Å². The molecule has 0 fully saturated rings. The van der Waals surface area contributed by atoms with E-state index in [0.29, 0.717) is 40.0 Å². The standard InChI is InChI=1S/C22H24N2O6/c1-13-17(14(2)30-24-13)12-29-19-8-6-15(10-20(19)27-4)22(25)23-16-7-9-18(26-3)21(11-16)28-5/h6-11H,12H2,1-5H3,(H,23,25). The number of aryl methyl sites for hydroxylation is 2.